The Morgan fingerprint density at radius 3 is 2.52 bits per heavy atom. The maximum Gasteiger partial charge on any atom is 0.228 e. The summed E-state index contributed by atoms with van der Waals surface area (Å²) in [5.74, 6) is 2.26. The zero-order chi connectivity index (χ0) is 16.8. The predicted molar refractivity (Wildman–Crippen MR) is 110 cm³/mol. The van der Waals surface area contributed by atoms with Crippen molar-refractivity contribution in [2.75, 3.05) is 44.7 Å². The van der Waals surface area contributed by atoms with Crippen molar-refractivity contribution in [1.29, 1.82) is 0 Å². The Kier molecular flexibility index (Phi) is 7.48. The second-order valence-electron chi connectivity index (χ2n) is 5.77. The molecule has 0 unspecified atom stereocenters. The van der Waals surface area contributed by atoms with Gasteiger partial charge in [0.2, 0.25) is 5.89 Å². The van der Waals surface area contributed by atoms with Crippen molar-refractivity contribution in [2.24, 2.45) is 4.99 Å². The third-order valence-electron chi connectivity index (χ3n) is 4.10. The number of aromatic nitrogens is 2. The summed E-state index contributed by atoms with van der Waals surface area (Å²) in [6.45, 7) is 6.45. The lowest BCUT2D eigenvalue weighted by Gasteiger charge is -2.37. The first-order valence-electron chi connectivity index (χ1n) is 8.31. The molecule has 0 spiro atoms. The lowest BCUT2D eigenvalue weighted by molar-refractivity contribution is 0.363. The molecule has 2 aromatic rings. The molecular weight excluding hydrogens is 431 g/mol. The summed E-state index contributed by atoms with van der Waals surface area (Å²) in [7, 11) is 1.82. The summed E-state index contributed by atoms with van der Waals surface area (Å²) >= 11 is 0. The number of benzene rings is 1. The molecule has 1 aliphatic heterocycles. The van der Waals surface area contributed by atoms with E-state index in [-0.39, 0.29) is 24.0 Å². The number of piperazine rings is 1. The topological polar surface area (TPSA) is 69.8 Å². The zero-order valence-corrected chi connectivity index (χ0v) is 17.0. The van der Waals surface area contributed by atoms with E-state index >= 15 is 0 Å². The van der Waals surface area contributed by atoms with E-state index in [1.165, 1.54) is 5.69 Å². The molecule has 1 N–H and O–H groups in total. The molecule has 1 aliphatic rings. The van der Waals surface area contributed by atoms with Gasteiger partial charge in [-0.1, -0.05) is 23.4 Å². The van der Waals surface area contributed by atoms with Crippen LogP contribution in [0.3, 0.4) is 0 Å². The van der Waals surface area contributed by atoms with Gasteiger partial charge < -0.3 is 19.6 Å². The largest absolute Gasteiger partial charge is 0.368 e. The summed E-state index contributed by atoms with van der Waals surface area (Å²) in [6.07, 6.45) is 0.698. The van der Waals surface area contributed by atoms with E-state index in [0.29, 0.717) is 18.1 Å². The van der Waals surface area contributed by atoms with Gasteiger partial charge >= 0.3 is 0 Å². The van der Waals surface area contributed by atoms with Gasteiger partial charge in [-0.2, -0.15) is 4.98 Å². The molecule has 0 atom stereocenters. The van der Waals surface area contributed by atoms with E-state index in [9.17, 15) is 0 Å². The lowest BCUT2D eigenvalue weighted by atomic mass is 10.2. The molecule has 0 radical (unpaired) electrons. The minimum absolute atomic E-state index is 0. The number of hydrogen-bond donors (Lipinski definition) is 1. The number of aryl methyl sites for hydroxylation is 1. The number of guanidine groups is 1. The molecular formula is C17H25IN6O. The highest BCUT2D eigenvalue weighted by molar-refractivity contribution is 14.0. The molecule has 25 heavy (non-hydrogen) atoms. The highest BCUT2D eigenvalue weighted by Crippen LogP contribution is 2.15. The number of halogens is 1. The third-order valence-corrected chi connectivity index (χ3v) is 4.10. The molecule has 0 bridgehead atoms. The van der Waals surface area contributed by atoms with Crippen molar-refractivity contribution in [2.45, 2.75) is 13.3 Å². The molecule has 3 rings (SSSR count). The first kappa shape index (κ1) is 19.5. The van der Waals surface area contributed by atoms with Crippen LogP contribution >= 0.6 is 24.0 Å². The van der Waals surface area contributed by atoms with E-state index < -0.39 is 0 Å². The Balaban J connectivity index is 0.00000225. The number of rotatable bonds is 4. The fourth-order valence-corrected chi connectivity index (χ4v) is 2.87. The highest BCUT2D eigenvalue weighted by atomic mass is 127. The van der Waals surface area contributed by atoms with Crippen LogP contribution in [0.1, 0.15) is 11.7 Å². The number of hydrogen-bond acceptors (Lipinski definition) is 5. The van der Waals surface area contributed by atoms with Gasteiger partial charge in [-0.15, -0.1) is 24.0 Å². The maximum absolute atomic E-state index is 5.13. The number of nitrogens with one attached hydrogen (secondary N) is 1. The first-order chi connectivity index (χ1) is 11.8. The quantitative estimate of drug-likeness (QED) is 0.431. The van der Waals surface area contributed by atoms with Crippen LogP contribution in [0.15, 0.2) is 39.8 Å². The van der Waals surface area contributed by atoms with Crippen molar-refractivity contribution in [3.63, 3.8) is 0 Å². The van der Waals surface area contributed by atoms with Crippen molar-refractivity contribution >= 4 is 35.6 Å². The van der Waals surface area contributed by atoms with Crippen molar-refractivity contribution in [1.82, 2.24) is 20.4 Å². The van der Waals surface area contributed by atoms with Gasteiger partial charge in [-0.3, -0.25) is 4.99 Å². The van der Waals surface area contributed by atoms with Gasteiger partial charge in [-0.05, 0) is 19.1 Å². The Morgan fingerprint density at radius 2 is 1.92 bits per heavy atom. The summed E-state index contributed by atoms with van der Waals surface area (Å²) in [5.41, 5.74) is 1.28. The Bertz CT molecular complexity index is 667. The molecule has 8 heteroatoms. The van der Waals surface area contributed by atoms with Crippen LogP contribution in [0.2, 0.25) is 0 Å². The SMILES string of the molecule is CN=C(NCCc1nc(C)no1)N1CCN(c2ccccc2)CC1.I. The standard InChI is InChI=1S/C17H24N6O.HI/c1-14-20-16(24-21-14)8-9-19-17(18-2)23-12-10-22(11-13-23)15-6-4-3-5-7-15;/h3-7H,8-13H2,1-2H3,(H,18,19);1H. The summed E-state index contributed by atoms with van der Waals surface area (Å²) in [6, 6.07) is 10.5. The van der Waals surface area contributed by atoms with E-state index in [1.807, 2.05) is 14.0 Å². The van der Waals surface area contributed by atoms with E-state index in [1.54, 1.807) is 0 Å². The van der Waals surface area contributed by atoms with Crippen LogP contribution in [-0.4, -0.2) is 60.8 Å². The summed E-state index contributed by atoms with van der Waals surface area (Å²) in [4.78, 5) is 13.3. The first-order valence-corrected chi connectivity index (χ1v) is 8.31. The molecule has 1 aromatic carbocycles. The molecule has 0 saturated carbocycles. The Morgan fingerprint density at radius 1 is 1.20 bits per heavy atom. The molecule has 136 valence electrons. The molecule has 2 heterocycles. The molecule has 0 amide bonds. The highest BCUT2D eigenvalue weighted by Gasteiger charge is 2.19. The normalized spacial score (nSPS) is 15.0. The van der Waals surface area contributed by atoms with Crippen molar-refractivity contribution < 1.29 is 4.52 Å². The van der Waals surface area contributed by atoms with E-state index in [2.05, 4.69) is 60.6 Å². The van der Waals surface area contributed by atoms with Crippen LogP contribution in [0, 0.1) is 6.92 Å². The molecule has 7 nitrogen and oxygen atoms in total. The van der Waals surface area contributed by atoms with Gasteiger partial charge in [0.05, 0.1) is 0 Å². The van der Waals surface area contributed by atoms with E-state index in [4.69, 9.17) is 4.52 Å². The minimum atomic E-state index is 0. The fourth-order valence-electron chi connectivity index (χ4n) is 2.87. The van der Waals surface area contributed by atoms with Crippen LogP contribution in [0.5, 0.6) is 0 Å². The van der Waals surface area contributed by atoms with Gasteiger partial charge in [0.1, 0.15) is 0 Å². The monoisotopic (exact) mass is 456 g/mol. The van der Waals surface area contributed by atoms with Gasteiger partial charge in [0.25, 0.3) is 0 Å². The van der Waals surface area contributed by atoms with Gasteiger partial charge in [0, 0.05) is 51.9 Å². The second-order valence-corrected chi connectivity index (χ2v) is 5.77. The third kappa shape index (κ3) is 5.32. The number of nitrogens with zero attached hydrogens (tertiary/aromatic N) is 5. The second kappa shape index (κ2) is 9.59. The molecule has 1 aromatic heterocycles. The van der Waals surface area contributed by atoms with Gasteiger partial charge in [-0.25, -0.2) is 0 Å². The fraction of sp³-hybridized carbons (Fsp3) is 0.471. The molecule has 1 fully saturated rings. The number of para-hydroxylation sites is 1. The molecule has 1 saturated heterocycles. The summed E-state index contributed by atoms with van der Waals surface area (Å²) in [5, 5.41) is 7.18. The average molecular weight is 456 g/mol. The minimum Gasteiger partial charge on any atom is -0.368 e. The average Bonchev–Trinajstić information content (AvgIpc) is 3.05. The van der Waals surface area contributed by atoms with E-state index in [0.717, 1.165) is 38.7 Å². The van der Waals surface area contributed by atoms with Crippen LogP contribution < -0.4 is 10.2 Å². The van der Waals surface area contributed by atoms with Crippen molar-refractivity contribution in [3.05, 3.63) is 42.0 Å². The van der Waals surface area contributed by atoms with Crippen LogP contribution in [-0.2, 0) is 6.42 Å². The lowest BCUT2D eigenvalue weighted by Crippen LogP contribution is -2.52. The zero-order valence-electron chi connectivity index (χ0n) is 14.7. The Labute approximate surface area is 165 Å². The Hall–Kier alpha value is -1.84. The number of anilines is 1. The maximum atomic E-state index is 5.13. The smallest absolute Gasteiger partial charge is 0.228 e. The van der Waals surface area contributed by atoms with Crippen molar-refractivity contribution in [3.8, 4) is 0 Å². The number of aliphatic imine (C=N–C) groups is 1. The van der Waals surface area contributed by atoms with Gasteiger partial charge in [0.15, 0.2) is 11.8 Å². The predicted octanol–water partition coefficient (Wildman–Crippen LogP) is 1.94. The van der Waals surface area contributed by atoms with Crippen LogP contribution in [0.4, 0.5) is 5.69 Å². The molecule has 0 aliphatic carbocycles. The summed E-state index contributed by atoms with van der Waals surface area (Å²) < 4.78 is 5.13. The van der Waals surface area contributed by atoms with Crippen LogP contribution in [0.25, 0.3) is 0 Å².